The standard InChI is InChI=1S/C28H29N5O5/c1-5-16-31(28(35)29-20-11-13-21(14-12-20)33(36)37)19(3)26-30-23-9-7-6-8-22(23)27(34)32(26)24-17-18(2)10-15-25(24)38-4/h6-15,17,19H,5,16H2,1-4H3,(H,29,35). The lowest BCUT2D eigenvalue weighted by atomic mass is 10.1. The van der Waals surface area contributed by atoms with Gasteiger partial charge in [0, 0.05) is 24.4 Å². The van der Waals surface area contributed by atoms with Gasteiger partial charge in [0.05, 0.1) is 34.7 Å². The highest BCUT2D eigenvalue weighted by molar-refractivity contribution is 5.89. The number of nitrogens with zero attached hydrogens (tertiary/aromatic N) is 4. The van der Waals surface area contributed by atoms with E-state index in [-0.39, 0.29) is 11.2 Å². The Balaban J connectivity index is 1.83. The molecule has 0 saturated carbocycles. The summed E-state index contributed by atoms with van der Waals surface area (Å²) in [5, 5.41) is 14.2. The number of hydrogen-bond donors (Lipinski definition) is 1. The molecule has 10 heteroatoms. The Kier molecular flexibility index (Phi) is 7.71. The Bertz CT molecular complexity index is 1550. The quantitative estimate of drug-likeness (QED) is 0.240. The fourth-order valence-electron chi connectivity index (χ4n) is 4.35. The lowest BCUT2D eigenvalue weighted by molar-refractivity contribution is -0.384. The Morgan fingerprint density at radius 1 is 1.16 bits per heavy atom. The molecule has 1 N–H and O–H groups in total. The number of fused-ring (bicyclic) bond motifs is 1. The minimum Gasteiger partial charge on any atom is -0.495 e. The number of hydrogen-bond acceptors (Lipinski definition) is 6. The number of carbonyl (C=O) groups is 1. The molecule has 0 radical (unpaired) electrons. The molecule has 1 aromatic heterocycles. The predicted octanol–water partition coefficient (Wildman–Crippen LogP) is 5.62. The molecule has 0 aliphatic rings. The molecule has 1 unspecified atom stereocenters. The number of urea groups is 1. The molecular formula is C28H29N5O5. The second kappa shape index (κ2) is 11.1. The first kappa shape index (κ1) is 26.3. The van der Waals surface area contributed by atoms with Crippen molar-refractivity contribution in [2.45, 2.75) is 33.2 Å². The molecule has 196 valence electrons. The molecule has 3 aromatic carbocycles. The van der Waals surface area contributed by atoms with Crippen molar-refractivity contribution < 1.29 is 14.5 Å². The number of non-ortho nitro benzene ring substituents is 1. The molecule has 4 rings (SSSR count). The molecule has 0 bridgehead atoms. The molecule has 1 atom stereocenters. The van der Waals surface area contributed by atoms with Gasteiger partial charge in [-0.05, 0) is 62.2 Å². The molecule has 0 saturated heterocycles. The normalized spacial score (nSPS) is 11.7. The Hall–Kier alpha value is -4.73. The van der Waals surface area contributed by atoms with Gasteiger partial charge in [-0.25, -0.2) is 9.78 Å². The molecule has 0 aliphatic carbocycles. The van der Waals surface area contributed by atoms with Crippen molar-refractivity contribution in [1.82, 2.24) is 14.5 Å². The van der Waals surface area contributed by atoms with Crippen molar-refractivity contribution >= 4 is 28.3 Å². The van der Waals surface area contributed by atoms with E-state index in [1.807, 2.05) is 39.0 Å². The number of rotatable bonds is 8. The van der Waals surface area contributed by atoms with Crippen LogP contribution >= 0.6 is 0 Å². The summed E-state index contributed by atoms with van der Waals surface area (Å²) in [6.45, 7) is 6.07. The first-order valence-corrected chi connectivity index (χ1v) is 12.2. The zero-order chi connectivity index (χ0) is 27.4. The van der Waals surface area contributed by atoms with Crippen LogP contribution in [-0.2, 0) is 0 Å². The Morgan fingerprint density at radius 3 is 2.53 bits per heavy atom. The van der Waals surface area contributed by atoms with Gasteiger partial charge in [0.25, 0.3) is 11.2 Å². The number of nitrogens with one attached hydrogen (secondary N) is 1. The van der Waals surface area contributed by atoms with Crippen molar-refractivity contribution in [1.29, 1.82) is 0 Å². The number of benzene rings is 3. The monoisotopic (exact) mass is 515 g/mol. The average Bonchev–Trinajstić information content (AvgIpc) is 2.91. The Morgan fingerprint density at radius 2 is 1.87 bits per heavy atom. The van der Waals surface area contributed by atoms with E-state index in [2.05, 4.69) is 5.32 Å². The number of amides is 2. The first-order valence-electron chi connectivity index (χ1n) is 12.2. The van der Waals surface area contributed by atoms with Crippen molar-refractivity contribution in [2.75, 3.05) is 19.0 Å². The summed E-state index contributed by atoms with van der Waals surface area (Å²) in [7, 11) is 1.54. The van der Waals surface area contributed by atoms with Gasteiger partial charge < -0.3 is 15.0 Å². The Labute approximate surface area is 219 Å². The van der Waals surface area contributed by atoms with Crippen LogP contribution in [0.1, 0.15) is 37.7 Å². The van der Waals surface area contributed by atoms with Crippen molar-refractivity contribution in [3.63, 3.8) is 0 Å². The summed E-state index contributed by atoms with van der Waals surface area (Å²) in [5.74, 6) is 0.880. The summed E-state index contributed by atoms with van der Waals surface area (Å²) in [4.78, 5) is 44.2. The van der Waals surface area contributed by atoms with Gasteiger partial charge in [0.2, 0.25) is 0 Å². The lowest BCUT2D eigenvalue weighted by Crippen LogP contribution is -2.40. The van der Waals surface area contributed by atoms with E-state index in [0.29, 0.717) is 46.8 Å². The number of nitro groups is 1. The van der Waals surface area contributed by atoms with Gasteiger partial charge in [-0.1, -0.05) is 25.1 Å². The van der Waals surface area contributed by atoms with Crippen LogP contribution in [0.25, 0.3) is 16.6 Å². The van der Waals surface area contributed by atoms with Crippen LogP contribution in [-0.4, -0.2) is 39.1 Å². The number of aryl methyl sites for hydroxylation is 1. The zero-order valence-corrected chi connectivity index (χ0v) is 21.7. The topological polar surface area (TPSA) is 120 Å². The van der Waals surface area contributed by atoms with Crippen LogP contribution in [0.5, 0.6) is 5.75 Å². The molecule has 0 fully saturated rings. The van der Waals surface area contributed by atoms with Crippen LogP contribution in [0.15, 0.2) is 71.5 Å². The maximum absolute atomic E-state index is 13.9. The highest BCUT2D eigenvalue weighted by Crippen LogP contribution is 2.29. The molecule has 0 spiro atoms. The second-order valence-electron chi connectivity index (χ2n) is 8.91. The van der Waals surface area contributed by atoms with E-state index < -0.39 is 17.0 Å². The van der Waals surface area contributed by atoms with Crippen LogP contribution in [0.3, 0.4) is 0 Å². The molecule has 1 heterocycles. The summed E-state index contributed by atoms with van der Waals surface area (Å²) in [5.41, 5.74) is 2.06. The van der Waals surface area contributed by atoms with Gasteiger partial charge in [0.15, 0.2) is 0 Å². The number of methoxy groups -OCH3 is 1. The fourth-order valence-corrected chi connectivity index (χ4v) is 4.35. The summed E-state index contributed by atoms with van der Waals surface area (Å²) >= 11 is 0. The molecular weight excluding hydrogens is 486 g/mol. The van der Waals surface area contributed by atoms with Crippen molar-refractivity contribution in [2.24, 2.45) is 0 Å². The third-order valence-corrected chi connectivity index (χ3v) is 6.27. The summed E-state index contributed by atoms with van der Waals surface area (Å²) in [6.07, 6.45) is 0.656. The van der Waals surface area contributed by atoms with E-state index in [0.717, 1.165) is 5.56 Å². The van der Waals surface area contributed by atoms with Crippen molar-refractivity contribution in [3.05, 3.63) is 98.6 Å². The number of carbonyl (C=O) groups excluding carboxylic acids is 1. The zero-order valence-electron chi connectivity index (χ0n) is 21.7. The van der Waals surface area contributed by atoms with E-state index in [9.17, 15) is 19.7 Å². The smallest absolute Gasteiger partial charge is 0.322 e. The van der Waals surface area contributed by atoms with E-state index >= 15 is 0 Å². The number of ether oxygens (including phenoxy) is 1. The SMILES string of the molecule is CCCN(C(=O)Nc1ccc([N+](=O)[O-])cc1)C(C)c1nc2ccccc2c(=O)n1-c1cc(C)ccc1OC. The third-order valence-electron chi connectivity index (χ3n) is 6.27. The molecule has 4 aromatic rings. The third kappa shape index (κ3) is 5.19. The number of nitro benzene ring substituents is 1. The number of para-hydroxylation sites is 1. The van der Waals surface area contributed by atoms with Gasteiger partial charge in [-0.2, -0.15) is 0 Å². The van der Waals surface area contributed by atoms with Crippen LogP contribution in [0.4, 0.5) is 16.2 Å². The average molecular weight is 516 g/mol. The molecule has 10 nitrogen and oxygen atoms in total. The maximum Gasteiger partial charge on any atom is 0.322 e. The van der Waals surface area contributed by atoms with Crippen LogP contribution < -0.4 is 15.6 Å². The van der Waals surface area contributed by atoms with Crippen LogP contribution in [0.2, 0.25) is 0 Å². The highest BCUT2D eigenvalue weighted by atomic mass is 16.6. The van der Waals surface area contributed by atoms with Crippen LogP contribution in [0, 0.1) is 17.0 Å². The maximum atomic E-state index is 13.9. The van der Waals surface area contributed by atoms with E-state index in [1.54, 1.807) is 29.2 Å². The largest absolute Gasteiger partial charge is 0.495 e. The summed E-state index contributed by atoms with van der Waals surface area (Å²) < 4.78 is 7.10. The molecule has 0 aliphatic heterocycles. The number of anilines is 1. The van der Waals surface area contributed by atoms with Gasteiger partial charge in [-0.15, -0.1) is 0 Å². The minimum absolute atomic E-state index is 0.0711. The van der Waals surface area contributed by atoms with Gasteiger partial charge >= 0.3 is 6.03 Å². The van der Waals surface area contributed by atoms with E-state index in [1.165, 1.54) is 35.9 Å². The van der Waals surface area contributed by atoms with Gasteiger partial charge in [-0.3, -0.25) is 19.5 Å². The van der Waals surface area contributed by atoms with E-state index in [4.69, 9.17) is 9.72 Å². The van der Waals surface area contributed by atoms with Gasteiger partial charge in [0.1, 0.15) is 11.6 Å². The molecule has 38 heavy (non-hydrogen) atoms. The first-order chi connectivity index (χ1) is 18.2. The van der Waals surface area contributed by atoms with Crippen molar-refractivity contribution in [3.8, 4) is 11.4 Å². The second-order valence-corrected chi connectivity index (χ2v) is 8.91. The molecule has 2 amide bonds. The summed E-state index contributed by atoms with van der Waals surface area (Å²) in [6, 6.07) is 17.2. The lowest BCUT2D eigenvalue weighted by Gasteiger charge is -2.30. The number of aromatic nitrogens is 2. The highest BCUT2D eigenvalue weighted by Gasteiger charge is 2.27. The minimum atomic E-state index is -0.615. The predicted molar refractivity (Wildman–Crippen MR) is 146 cm³/mol. The fraction of sp³-hybridized carbons (Fsp3) is 0.250.